The zero-order valence-corrected chi connectivity index (χ0v) is 13.3. The molecule has 1 aromatic rings. The van der Waals surface area contributed by atoms with Crippen LogP contribution >= 0.6 is 11.3 Å². The Morgan fingerprint density at radius 3 is 2.90 bits per heavy atom. The van der Waals surface area contributed by atoms with Crippen LogP contribution in [0.4, 0.5) is 0 Å². The molecular weight excluding hydrogens is 286 g/mol. The summed E-state index contributed by atoms with van der Waals surface area (Å²) in [4.78, 5) is 3.55. The minimum Gasteiger partial charge on any atom is -0.388 e. The van der Waals surface area contributed by atoms with Crippen molar-refractivity contribution in [3.05, 3.63) is 22.4 Å². The van der Waals surface area contributed by atoms with Crippen LogP contribution in [-0.4, -0.2) is 48.6 Å². The Bertz CT molecular complexity index is 406. The van der Waals surface area contributed by atoms with Gasteiger partial charge in [0.2, 0.25) is 0 Å². The lowest BCUT2D eigenvalue weighted by Crippen LogP contribution is -2.41. The third-order valence-corrected chi connectivity index (χ3v) is 5.41. The topological polar surface area (TPSA) is 41.9 Å². The highest BCUT2D eigenvalue weighted by atomic mass is 32.1. The predicted octanol–water partition coefficient (Wildman–Crippen LogP) is 2.79. The molecule has 2 atom stereocenters. The summed E-state index contributed by atoms with van der Waals surface area (Å²) in [6.45, 7) is 3.34. The first-order chi connectivity index (χ1) is 10.3. The third kappa shape index (κ3) is 4.27. The normalized spacial score (nSPS) is 26.8. The quantitative estimate of drug-likeness (QED) is 0.908. The van der Waals surface area contributed by atoms with Crippen molar-refractivity contribution in [2.24, 2.45) is 0 Å². The number of thiophene rings is 1. The van der Waals surface area contributed by atoms with Crippen molar-refractivity contribution < 1.29 is 14.6 Å². The van der Waals surface area contributed by atoms with E-state index < -0.39 is 0 Å². The van der Waals surface area contributed by atoms with Gasteiger partial charge in [-0.2, -0.15) is 0 Å². The lowest BCUT2D eigenvalue weighted by Gasteiger charge is -2.32. The first-order valence-corrected chi connectivity index (χ1v) is 8.89. The van der Waals surface area contributed by atoms with Crippen LogP contribution in [0.1, 0.15) is 43.1 Å². The average Bonchev–Trinajstić information content (AvgIpc) is 3.14. The molecule has 0 unspecified atom stereocenters. The number of aliphatic hydroxyl groups excluding tert-OH is 1. The molecule has 3 rings (SSSR count). The van der Waals surface area contributed by atoms with Crippen molar-refractivity contribution >= 4 is 11.3 Å². The Morgan fingerprint density at radius 2 is 2.14 bits per heavy atom. The molecule has 21 heavy (non-hydrogen) atoms. The highest BCUT2D eigenvalue weighted by molar-refractivity contribution is 7.10. The average molecular weight is 311 g/mol. The van der Waals surface area contributed by atoms with Gasteiger partial charge in [-0.05, 0) is 37.3 Å². The van der Waals surface area contributed by atoms with Crippen molar-refractivity contribution in [2.45, 2.75) is 50.5 Å². The van der Waals surface area contributed by atoms with Crippen LogP contribution in [0.5, 0.6) is 0 Å². The molecular formula is C16H25NO3S. The second-order valence-electron chi connectivity index (χ2n) is 5.94. The van der Waals surface area contributed by atoms with Crippen LogP contribution < -0.4 is 0 Å². The Labute approximate surface area is 130 Å². The lowest BCUT2D eigenvalue weighted by atomic mass is 10.0. The van der Waals surface area contributed by atoms with Crippen LogP contribution in [0.3, 0.4) is 0 Å². The van der Waals surface area contributed by atoms with E-state index in [9.17, 15) is 5.11 Å². The molecule has 0 aromatic carbocycles. The zero-order chi connectivity index (χ0) is 14.5. The highest BCUT2D eigenvalue weighted by Crippen LogP contribution is 2.29. The highest BCUT2D eigenvalue weighted by Gasteiger charge is 2.28. The molecule has 2 aliphatic heterocycles. The molecule has 1 N–H and O–H groups in total. The largest absolute Gasteiger partial charge is 0.388 e. The maximum atomic E-state index is 10.5. The number of aliphatic hydroxyl groups is 1. The van der Waals surface area contributed by atoms with E-state index in [-0.39, 0.29) is 12.4 Å². The van der Waals surface area contributed by atoms with Gasteiger partial charge in [-0.1, -0.05) is 18.9 Å². The second kappa shape index (κ2) is 7.70. The number of likely N-dealkylation sites (tertiary alicyclic amines) is 1. The first kappa shape index (κ1) is 15.4. The van der Waals surface area contributed by atoms with Crippen LogP contribution in [0, 0.1) is 0 Å². The van der Waals surface area contributed by atoms with Crippen molar-refractivity contribution in [3.8, 4) is 0 Å². The molecule has 1 aromatic heterocycles. The summed E-state index contributed by atoms with van der Waals surface area (Å²) in [7, 11) is 0. The Hall–Kier alpha value is -0.460. The van der Waals surface area contributed by atoms with E-state index in [0.29, 0.717) is 19.3 Å². The molecule has 0 spiro atoms. The zero-order valence-electron chi connectivity index (χ0n) is 12.4. The van der Waals surface area contributed by atoms with E-state index in [1.54, 1.807) is 11.3 Å². The van der Waals surface area contributed by atoms with Gasteiger partial charge in [0, 0.05) is 17.5 Å². The lowest BCUT2D eigenvalue weighted by molar-refractivity contribution is -0.0709. The molecule has 4 nitrogen and oxygen atoms in total. The van der Waals surface area contributed by atoms with Gasteiger partial charge < -0.3 is 14.6 Å². The van der Waals surface area contributed by atoms with Crippen molar-refractivity contribution in [2.75, 3.05) is 26.3 Å². The minimum atomic E-state index is -0.346. The standard InChI is InChI=1S/C16H25NO3S/c18-14(15-6-4-10-21-15)11-13-5-2-1-3-7-17(13)12-16-19-8-9-20-16/h4,6,10,13-14,16,18H,1-3,5,7-9,11-12H2/t13-,14-/m0/s1. The number of ether oxygens (including phenoxy) is 2. The fourth-order valence-electron chi connectivity index (χ4n) is 3.30. The maximum absolute atomic E-state index is 10.5. The van der Waals surface area contributed by atoms with Gasteiger partial charge in [-0.3, -0.25) is 4.90 Å². The number of hydrogen-bond acceptors (Lipinski definition) is 5. The van der Waals surface area contributed by atoms with Gasteiger partial charge in [0.1, 0.15) is 0 Å². The molecule has 0 radical (unpaired) electrons. The van der Waals surface area contributed by atoms with E-state index >= 15 is 0 Å². The molecule has 2 fully saturated rings. The fourth-order valence-corrected chi connectivity index (χ4v) is 4.03. The van der Waals surface area contributed by atoms with E-state index in [1.165, 1.54) is 19.3 Å². The Morgan fingerprint density at radius 1 is 1.29 bits per heavy atom. The molecule has 0 bridgehead atoms. The molecule has 118 valence electrons. The molecule has 5 heteroatoms. The van der Waals surface area contributed by atoms with Gasteiger partial charge in [0.15, 0.2) is 6.29 Å². The first-order valence-electron chi connectivity index (χ1n) is 8.01. The van der Waals surface area contributed by atoms with E-state index in [2.05, 4.69) is 4.90 Å². The Balaban J connectivity index is 1.60. The molecule has 0 saturated carbocycles. The van der Waals surface area contributed by atoms with Crippen molar-refractivity contribution in [3.63, 3.8) is 0 Å². The van der Waals surface area contributed by atoms with Crippen molar-refractivity contribution in [1.82, 2.24) is 4.90 Å². The van der Waals surface area contributed by atoms with E-state index in [0.717, 1.165) is 30.8 Å². The summed E-state index contributed by atoms with van der Waals surface area (Å²) in [5, 5.41) is 12.5. The smallest absolute Gasteiger partial charge is 0.170 e. The van der Waals surface area contributed by atoms with Gasteiger partial charge in [-0.25, -0.2) is 0 Å². The van der Waals surface area contributed by atoms with Crippen LogP contribution in [0.25, 0.3) is 0 Å². The molecule has 2 aliphatic rings. The summed E-state index contributed by atoms with van der Waals surface area (Å²) in [6, 6.07) is 4.46. The number of hydrogen-bond donors (Lipinski definition) is 1. The van der Waals surface area contributed by atoms with Gasteiger partial charge in [-0.15, -0.1) is 11.3 Å². The third-order valence-electron chi connectivity index (χ3n) is 4.44. The van der Waals surface area contributed by atoms with Crippen LogP contribution in [0.15, 0.2) is 17.5 Å². The minimum absolute atomic E-state index is 0.0792. The van der Waals surface area contributed by atoms with Gasteiger partial charge >= 0.3 is 0 Å². The molecule has 0 aliphatic carbocycles. The summed E-state index contributed by atoms with van der Waals surface area (Å²) in [5.41, 5.74) is 0. The number of rotatable bonds is 5. The monoisotopic (exact) mass is 311 g/mol. The SMILES string of the molecule is O[C@@H](C[C@@H]1CCCCCN1CC1OCCO1)c1cccs1. The molecule has 0 amide bonds. The maximum Gasteiger partial charge on any atom is 0.170 e. The van der Waals surface area contributed by atoms with Gasteiger partial charge in [0.05, 0.1) is 19.3 Å². The molecule has 2 saturated heterocycles. The van der Waals surface area contributed by atoms with Gasteiger partial charge in [0.25, 0.3) is 0 Å². The van der Waals surface area contributed by atoms with E-state index in [1.807, 2.05) is 17.5 Å². The van der Waals surface area contributed by atoms with Crippen LogP contribution in [0.2, 0.25) is 0 Å². The summed E-state index contributed by atoms with van der Waals surface area (Å²) in [5.74, 6) is 0. The fraction of sp³-hybridized carbons (Fsp3) is 0.750. The van der Waals surface area contributed by atoms with E-state index in [4.69, 9.17) is 9.47 Å². The summed E-state index contributed by atoms with van der Waals surface area (Å²) < 4.78 is 11.2. The summed E-state index contributed by atoms with van der Waals surface area (Å²) >= 11 is 1.64. The predicted molar refractivity (Wildman–Crippen MR) is 83.4 cm³/mol. The Kier molecular flexibility index (Phi) is 5.66. The van der Waals surface area contributed by atoms with Crippen LogP contribution in [-0.2, 0) is 9.47 Å². The summed E-state index contributed by atoms with van der Waals surface area (Å²) in [6.07, 6.45) is 5.32. The number of nitrogens with zero attached hydrogens (tertiary/aromatic N) is 1. The van der Waals surface area contributed by atoms with Crippen molar-refractivity contribution in [1.29, 1.82) is 0 Å². The molecule has 3 heterocycles. The second-order valence-corrected chi connectivity index (χ2v) is 6.92.